The zero-order chi connectivity index (χ0) is 22.7. The van der Waals surface area contributed by atoms with E-state index in [0.717, 1.165) is 19.3 Å². The quantitative estimate of drug-likeness (QED) is 0.612. The van der Waals surface area contributed by atoms with Gasteiger partial charge in [0.1, 0.15) is 10.6 Å². The number of aromatic nitrogens is 3. The molecule has 168 valence electrons. The third-order valence-corrected chi connectivity index (χ3v) is 7.55. The number of hydrogen-bond acceptors (Lipinski definition) is 6. The highest BCUT2D eigenvalue weighted by atomic mass is 32.2. The number of benzene rings is 1. The molecule has 0 radical (unpaired) electrons. The molecule has 1 fully saturated rings. The molecule has 9 nitrogen and oxygen atoms in total. The summed E-state index contributed by atoms with van der Waals surface area (Å²) in [5, 5.41) is 6.96. The van der Waals surface area contributed by atoms with Gasteiger partial charge in [-0.3, -0.25) is 4.79 Å². The molecule has 32 heavy (non-hydrogen) atoms. The van der Waals surface area contributed by atoms with E-state index in [9.17, 15) is 13.2 Å². The molecule has 1 saturated heterocycles. The molecule has 1 aliphatic heterocycles. The second kappa shape index (κ2) is 9.09. The fourth-order valence-electron chi connectivity index (χ4n) is 3.84. The number of piperidine rings is 1. The lowest BCUT2D eigenvalue weighted by atomic mass is 10.1. The Morgan fingerprint density at radius 3 is 2.75 bits per heavy atom. The number of hydrogen-bond donors (Lipinski definition) is 1. The number of sulfonamides is 1. The van der Waals surface area contributed by atoms with Crippen molar-refractivity contribution in [3.63, 3.8) is 0 Å². The summed E-state index contributed by atoms with van der Waals surface area (Å²) in [6.07, 6.45) is 7.54. The van der Waals surface area contributed by atoms with Gasteiger partial charge in [0.05, 0.1) is 12.8 Å². The van der Waals surface area contributed by atoms with Crippen LogP contribution in [-0.4, -0.2) is 53.1 Å². The number of carbonyl (C=O) groups is 1. The van der Waals surface area contributed by atoms with Gasteiger partial charge in [-0.25, -0.2) is 18.1 Å². The molecule has 10 heteroatoms. The van der Waals surface area contributed by atoms with E-state index in [1.807, 2.05) is 6.92 Å². The molecule has 1 N–H and O–H groups in total. The molecule has 3 heterocycles. The van der Waals surface area contributed by atoms with Gasteiger partial charge < -0.3 is 10.1 Å². The van der Waals surface area contributed by atoms with Crippen LogP contribution >= 0.6 is 0 Å². The fourth-order valence-corrected chi connectivity index (χ4v) is 5.72. The topological polar surface area (TPSA) is 106 Å². The summed E-state index contributed by atoms with van der Waals surface area (Å²) in [6, 6.07) is 9.47. The maximum absolute atomic E-state index is 13.4. The van der Waals surface area contributed by atoms with Crippen LogP contribution in [0.5, 0.6) is 5.75 Å². The normalized spacial score (nSPS) is 17.1. The van der Waals surface area contributed by atoms with Crippen molar-refractivity contribution in [3.8, 4) is 11.6 Å². The Kier molecular flexibility index (Phi) is 6.24. The summed E-state index contributed by atoms with van der Waals surface area (Å²) in [7, 11) is -2.41. The first-order valence-corrected chi connectivity index (χ1v) is 11.8. The number of nitrogens with zero attached hydrogens (tertiary/aromatic N) is 4. The predicted molar refractivity (Wildman–Crippen MR) is 120 cm³/mol. The number of anilines is 1. The smallest absolute Gasteiger partial charge is 0.255 e. The van der Waals surface area contributed by atoms with Crippen LogP contribution in [0.15, 0.2) is 59.9 Å². The Labute approximate surface area is 187 Å². The van der Waals surface area contributed by atoms with Crippen molar-refractivity contribution in [2.75, 3.05) is 19.0 Å². The van der Waals surface area contributed by atoms with Gasteiger partial charge >= 0.3 is 0 Å². The first kappa shape index (κ1) is 22.0. The van der Waals surface area contributed by atoms with Crippen molar-refractivity contribution >= 4 is 21.6 Å². The van der Waals surface area contributed by atoms with Gasteiger partial charge in [-0.1, -0.05) is 6.42 Å². The SMILES string of the molecule is COc1ccc(C(=O)Nc2cccnc2-n2cccn2)cc1S(=O)(=O)N1CCCCC1C. The summed E-state index contributed by atoms with van der Waals surface area (Å²) in [4.78, 5) is 17.3. The van der Waals surface area contributed by atoms with Crippen LogP contribution in [-0.2, 0) is 10.0 Å². The first-order chi connectivity index (χ1) is 15.4. The van der Waals surface area contributed by atoms with E-state index < -0.39 is 15.9 Å². The molecule has 1 atom stereocenters. The van der Waals surface area contributed by atoms with Crippen LogP contribution in [0.4, 0.5) is 5.69 Å². The summed E-state index contributed by atoms with van der Waals surface area (Å²) in [5.41, 5.74) is 0.649. The molecule has 1 unspecified atom stereocenters. The van der Waals surface area contributed by atoms with Crippen LogP contribution in [0, 0.1) is 0 Å². The molecule has 0 aliphatic carbocycles. The van der Waals surface area contributed by atoms with Gasteiger partial charge in [0.25, 0.3) is 5.91 Å². The van der Waals surface area contributed by atoms with Gasteiger partial charge in [0.15, 0.2) is 5.82 Å². The number of ether oxygens (including phenoxy) is 1. The van der Waals surface area contributed by atoms with Crippen molar-refractivity contribution in [2.45, 2.75) is 37.1 Å². The van der Waals surface area contributed by atoms with Crippen LogP contribution in [0.1, 0.15) is 36.5 Å². The van der Waals surface area contributed by atoms with E-state index >= 15 is 0 Å². The zero-order valence-corrected chi connectivity index (χ0v) is 18.7. The second-order valence-electron chi connectivity index (χ2n) is 7.61. The third kappa shape index (κ3) is 4.23. The highest BCUT2D eigenvalue weighted by molar-refractivity contribution is 7.89. The maximum atomic E-state index is 13.4. The van der Waals surface area contributed by atoms with Gasteiger partial charge in [0.2, 0.25) is 10.0 Å². The van der Waals surface area contributed by atoms with Gasteiger partial charge in [-0.05, 0) is 56.2 Å². The Balaban J connectivity index is 1.67. The molecule has 1 aromatic carbocycles. The molecule has 3 aromatic rings. The lowest BCUT2D eigenvalue weighted by molar-refractivity contribution is 0.102. The summed E-state index contributed by atoms with van der Waals surface area (Å²) < 4.78 is 35.2. The van der Waals surface area contributed by atoms with Crippen LogP contribution in [0.2, 0.25) is 0 Å². The molecule has 0 saturated carbocycles. The van der Waals surface area contributed by atoms with Crippen molar-refractivity contribution < 1.29 is 17.9 Å². The highest BCUT2D eigenvalue weighted by Gasteiger charge is 2.33. The number of rotatable bonds is 6. The van der Waals surface area contributed by atoms with Crippen molar-refractivity contribution in [2.24, 2.45) is 0 Å². The summed E-state index contributed by atoms with van der Waals surface area (Å²) in [6.45, 7) is 2.35. The van der Waals surface area contributed by atoms with E-state index in [4.69, 9.17) is 4.74 Å². The minimum Gasteiger partial charge on any atom is -0.495 e. The highest BCUT2D eigenvalue weighted by Crippen LogP contribution is 2.32. The van der Waals surface area contributed by atoms with Crippen molar-refractivity contribution in [3.05, 3.63) is 60.6 Å². The van der Waals surface area contributed by atoms with E-state index in [0.29, 0.717) is 18.1 Å². The number of amides is 1. The Bertz CT molecular complexity index is 1210. The van der Waals surface area contributed by atoms with E-state index in [1.165, 1.54) is 34.3 Å². The predicted octanol–water partition coefficient (Wildman–Crippen LogP) is 3.09. The lowest BCUT2D eigenvalue weighted by Crippen LogP contribution is -2.42. The third-order valence-electron chi connectivity index (χ3n) is 5.51. The van der Waals surface area contributed by atoms with Crippen molar-refractivity contribution in [1.29, 1.82) is 0 Å². The number of methoxy groups -OCH3 is 1. The molecule has 0 bridgehead atoms. The molecule has 2 aromatic heterocycles. The van der Waals surface area contributed by atoms with E-state index in [1.54, 1.807) is 36.8 Å². The zero-order valence-electron chi connectivity index (χ0n) is 17.9. The fraction of sp³-hybridized carbons (Fsp3) is 0.318. The number of nitrogens with one attached hydrogen (secondary N) is 1. The monoisotopic (exact) mass is 455 g/mol. The lowest BCUT2D eigenvalue weighted by Gasteiger charge is -2.32. The second-order valence-corrected chi connectivity index (χ2v) is 9.46. The molecular formula is C22H25N5O4S. The molecular weight excluding hydrogens is 430 g/mol. The van der Waals surface area contributed by atoms with Gasteiger partial charge in [-0.2, -0.15) is 9.40 Å². The molecule has 4 rings (SSSR count). The Morgan fingerprint density at radius 2 is 2.03 bits per heavy atom. The minimum atomic E-state index is -3.82. The van der Waals surface area contributed by atoms with Gasteiger partial charge in [-0.15, -0.1) is 0 Å². The Hall–Kier alpha value is -3.24. The molecule has 0 spiro atoms. The summed E-state index contributed by atoms with van der Waals surface area (Å²) >= 11 is 0. The average molecular weight is 456 g/mol. The van der Waals surface area contributed by atoms with Crippen LogP contribution in [0.25, 0.3) is 5.82 Å². The first-order valence-electron chi connectivity index (χ1n) is 10.4. The van der Waals surface area contributed by atoms with E-state index in [2.05, 4.69) is 15.4 Å². The average Bonchev–Trinajstić information content (AvgIpc) is 3.34. The van der Waals surface area contributed by atoms with E-state index in [-0.39, 0.29) is 22.3 Å². The standard InChI is InChI=1S/C22H25N5O4S/c1-16-7-3-4-14-27(16)32(29,30)20-15-17(9-10-19(20)31-2)22(28)25-18-8-5-11-23-21(18)26-13-6-12-24-26/h5-6,8-13,15-16H,3-4,7,14H2,1-2H3,(H,25,28). The minimum absolute atomic E-state index is 0.0140. The molecule has 1 aliphatic rings. The van der Waals surface area contributed by atoms with Gasteiger partial charge in [0, 0.05) is 36.7 Å². The van der Waals surface area contributed by atoms with Crippen LogP contribution < -0.4 is 10.1 Å². The Morgan fingerprint density at radius 1 is 1.19 bits per heavy atom. The number of pyridine rings is 1. The number of carbonyl (C=O) groups excluding carboxylic acids is 1. The molecule has 1 amide bonds. The van der Waals surface area contributed by atoms with Crippen molar-refractivity contribution in [1.82, 2.24) is 19.1 Å². The van der Waals surface area contributed by atoms with Crippen LogP contribution in [0.3, 0.4) is 0 Å². The summed E-state index contributed by atoms with van der Waals surface area (Å²) in [5.74, 6) is 0.199. The maximum Gasteiger partial charge on any atom is 0.255 e. The largest absolute Gasteiger partial charge is 0.495 e.